The van der Waals surface area contributed by atoms with E-state index >= 15 is 0 Å². The molecular weight excluding hydrogens is 631 g/mol. The summed E-state index contributed by atoms with van der Waals surface area (Å²) in [5.74, 6) is -0.711. The Bertz CT molecular complexity index is 1020. The van der Waals surface area contributed by atoms with E-state index < -0.39 is 12.9 Å². The van der Waals surface area contributed by atoms with Gasteiger partial charge < -0.3 is 21.3 Å². The van der Waals surface area contributed by atoms with Crippen molar-refractivity contribution in [3.8, 4) is 0 Å². The van der Waals surface area contributed by atoms with Gasteiger partial charge in [0.1, 0.15) is 11.4 Å². The van der Waals surface area contributed by atoms with Gasteiger partial charge in [-0.3, -0.25) is 23.6 Å². The molecule has 4 N–H and O–H groups in total. The lowest BCUT2D eigenvalue weighted by Gasteiger charge is -2.16. The van der Waals surface area contributed by atoms with Crippen molar-refractivity contribution in [2.45, 2.75) is 48.5 Å². The average Bonchev–Trinajstić information content (AvgIpc) is 3.57. The van der Waals surface area contributed by atoms with Crippen molar-refractivity contribution in [3.05, 3.63) is 22.1 Å². The molecule has 0 aliphatic carbocycles. The van der Waals surface area contributed by atoms with Crippen molar-refractivity contribution in [1.29, 1.82) is 0 Å². The lowest BCUT2D eigenvalue weighted by Crippen LogP contribution is -2.28. The number of carbonyl (C=O) groups is 4. The zero-order valence-corrected chi connectivity index (χ0v) is 27.5. The number of nitrogens with zero attached hydrogens (tertiary/aromatic N) is 3. The van der Waals surface area contributed by atoms with Crippen LogP contribution < -0.4 is 21.3 Å². The molecule has 10 nitrogen and oxygen atoms in total. The van der Waals surface area contributed by atoms with Crippen LogP contribution in [0.3, 0.4) is 0 Å². The number of thiazole rings is 2. The minimum Gasteiger partial charge on any atom is -0.376 e. The summed E-state index contributed by atoms with van der Waals surface area (Å²) in [4.78, 5) is 52.3. The number of alkyl halides is 2. The molecule has 0 aromatic carbocycles. The van der Waals surface area contributed by atoms with E-state index in [1.165, 1.54) is 36.5 Å². The first-order valence-corrected chi connectivity index (χ1v) is 15.0. The van der Waals surface area contributed by atoms with Gasteiger partial charge in [0.2, 0.25) is 5.78 Å². The van der Waals surface area contributed by atoms with Gasteiger partial charge in [-0.05, 0) is 39.9 Å². The van der Waals surface area contributed by atoms with Crippen LogP contribution in [0.2, 0.25) is 0 Å². The third kappa shape index (κ3) is 21.2. The maximum Gasteiger partial charge on any atom is 0.208 e. The SMILES string of the molecule is CC(=O)C(=O)CBr.CCN(CC)c1nc(C(C)=O)cs1.CCNC(N)=S.CCNc1nc(C(C)=O)cs1.[2H]CF. The molecule has 2 aromatic rings. The van der Waals surface area contributed by atoms with E-state index in [-0.39, 0.29) is 22.7 Å². The molecule has 39 heavy (non-hydrogen) atoms. The van der Waals surface area contributed by atoms with E-state index in [9.17, 15) is 23.6 Å². The first-order valence-electron chi connectivity index (χ1n) is 12.4. The van der Waals surface area contributed by atoms with Gasteiger partial charge in [-0.2, -0.15) is 0 Å². The normalized spacial score (nSPS) is 9.21. The quantitative estimate of drug-likeness (QED) is 0.137. The molecule has 0 fully saturated rings. The van der Waals surface area contributed by atoms with Crippen LogP contribution in [-0.2, 0) is 9.59 Å². The van der Waals surface area contributed by atoms with Crippen molar-refractivity contribution in [2.24, 2.45) is 5.73 Å². The highest BCUT2D eigenvalue weighted by molar-refractivity contribution is 9.09. The number of rotatable bonds is 10. The number of thiocarbonyl (C=S) groups is 1. The lowest BCUT2D eigenvalue weighted by molar-refractivity contribution is -0.133. The number of nitrogens with two attached hydrogens (primary N) is 1. The number of hydrogen-bond donors (Lipinski definition) is 3. The molecule has 2 aromatic heterocycles. The Morgan fingerprint density at radius 3 is 1.77 bits per heavy atom. The Morgan fingerprint density at radius 1 is 1.03 bits per heavy atom. The molecule has 2 heterocycles. The van der Waals surface area contributed by atoms with Gasteiger partial charge in [0, 0.05) is 57.7 Å². The number of anilines is 2. The third-order valence-corrected chi connectivity index (χ3v) is 6.30. The number of hydrogen-bond acceptors (Lipinski definition) is 11. The van der Waals surface area contributed by atoms with Gasteiger partial charge in [-0.15, -0.1) is 22.7 Å². The second-order valence-corrected chi connectivity index (χ2v) is 9.57. The zero-order valence-electron chi connectivity index (χ0n) is 24.4. The Kier molecular flexibility index (Phi) is 25.8. The Balaban J connectivity index is -0.000000460. The summed E-state index contributed by atoms with van der Waals surface area (Å²) in [6, 6.07) is 0. The standard InChI is InChI=1S/C9H14N2OS.C7H10N2OS.C4H5BrO2.C3H8N2S.CH3F/c1-4-11(5-2)9-10-8(6-13-9)7(3)12;1-3-8-7-9-6(4-11-7)5(2)10;1-3(6)4(7)2-5;1-2-5-3(4)6;1-2/h6H,4-5H2,1-3H3;4H,3H2,1-2H3,(H,8,9);2H2,1H3;2H2,1H3,(H3,4,5,6);1H3/i;;;;1D. The highest BCUT2D eigenvalue weighted by Crippen LogP contribution is 2.20. The van der Waals surface area contributed by atoms with Crippen LogP contribution in [-0.4, -0.2) is 76.9 Å². The van der Waals surface area contributed by atoms with Crippen LogP contribution in [0, 0.1) is 0 Å². The monoisotopic (exact) mass is 671 g/mol. The largest absolute Gasteiger partial charge is 0.376 e. The fourth-order valence-electron chi connectivity index (χ4n) is 2.00. The number of ketones is 4. The Hall–Kier alpha value is -2.36. The van der Waals surface area contributed by atoms with Crippen LogP contribution in [0.25, 0.3) is 0 Å². The van der Waals surface area contributed by atoms with Crippen molar-refractivity contribution in [2.75, 3.05) is 48.9 Å². The van der Waals surface area contributed by atoms with Gasteiger partial charge in [-0.1, -0.05) is 15.9 Å². The number of aromatic nitrogens is 2. The predicted molar refractivity (Wildman–Crippen MR) is 169 cm³/mol. The first-order chi connectivity index (χ1) is 18.8. The van der Waals surface area contributed by atoms with E-state index in [0.29, 0.717) is 16.5 Å². The molecule has 0 aliphatic heterocycles. The highest BCUT2D eigenvalue weighted by Gasteiger charge is 2.09. The molecule has 0 saturated heterocycles. The fourth-order valence-corrected chi connectivity index (χ4v) is 4.36. The predicted octanol–water partition coefficient (Wildman–Crippen LogP) is 4.93. The topological polar surface area (TPSA) is 147 Å². The second-order valence-electron chi connectivity index (χ2n) is 6.88. The summed E-state index contributed by atoms with van der Waals surface area (Å²) >= 11 is 10.3. The van der Waals surface area contributed by atoms with Crippen molar-refractivity contribution >= 4 is 89.3 Å². The average molecular weight is 673 g/mol. The summed E-state index contributed by atoms with van der Waals surface area (Å²) in [6.07, 6.45) is 0. The van der Waals surface area contributed by atoms with Gasteiger partial charge >= 0.3 is 0 Å². The van der Waals surface area contributed by atoms with E-state index in [4.69, 9.17) is 7.10 Å². The smallest absolute Gasteiger partial charge is 0.208 e. The van der Waals surface area contributed by atoms with E-state index in [0.717, 1.165) is 36.4 Å². The molecule has 2 rings (SSSR count). The Labute approximate surface area is 253 Å². The second kappa shape index (κ2) is 25.9. The van der Waals surface area contributed by atoms with Crippen molar-refractivity contribution < 1.29 is 24.9 Å². The molecule has 15 heteroatoms. The molecular formula is C24H40BrFN6O4S3. The maximum absolute atomic E-state index is 11.0. The number of carbonyl (C=O) groups excluding carboxylic acids is 4. The maximum atomic E-state index is 11.0. The number of Topliss-reactive ketones (excluding diaryl/α,β-unsaturated/α-hetero) is 4. The lowest BCUT2D eigenvalue weighted by atomic mass is 10.3. The minimum absolute atomic E-state index is 0.0189. The van der Waals surface area contributed by atoms with Crippen LogP contribution >= 0.6 is 50.8 Å². The zero-order chi connectivity index (χ0) is 31.7. The fraction of sp³-hybridized carbons (Fsp3) is 0.542. The van der Waals surface area contributed by atoms with Crippen LogP contribution in [0.4, 0.5) is 14.7 Å². The van der Waals surface area contributed by atoms with Crippen LogP contribution in [0.1, 0.15) is 70.8 Å². The molecule has 0 aliphatic rings. The van der Waals surface area contributed by atoms with Gasteiger partial charge in [0.05, 0.1) is 13.9 Å². The molecule has 0 amide bonds. The van der Waals surface area contributed by atoms with E-state index in [1.807, 2.05) is 19.2 Å². The molecule has 0 atom stereocenters. The number of halogens is 2. The highest BCUT2D eigenvalue weighted by atomic mass is 79.9. The number of nitrogens with one attached hydrogen (secondary N) is 2. The summed E-state index contributed by atoms with van der Waals surface area (Å²) < 4.78 is 15.5. The van der Waals surface area contributed by atoms with E-state index in [1.54, 1.807) is 12.3 Å². The van der Waals surface area contributed by atoms with Gasteiger partial charge in [0.15, 0.2) is 32.7 Å². The first kappa shape index (κ1) is 38.8. The molecule has 0 spiro atoms. The molecule has 0 saturated carbocycles. The molecule has 0 unspecified atom stereocenters. The molecule has 0 bridgehead atoms. The van der Waals surface area contributed by atoms with E-state index in [2.05, 4.69) is 67.5 Å². The van der Waals surface area contributed by atoms with Crippen molar-refractivity contribution in [3.63, 3.8) is 0 Å². The van der Waals surface area contributed by atoms with Gasteiger partial charge in [0.25, 0.3) is 0 Å². The summed E-state index contributed by atoms with van der Waals surface area (Å²) in [5.41, 5.74) is 6.15. The summed E-state index contributed by atoms with van der Waals surface area (Å²) in [5, 5.41) is 11.6. The minimum atomic E-state index is -1.00. The summed E-state index contributed by atoms with van der Waals surface area (Å²) in [7, 11) is -1.00. The van der Waals surface area contributed by atoms with Crippen LogP contribution in [0.15, 0.2) is 10.8 Å². The molecule has 222 valence electrons. The van der Waals surface area contributed by atoms with Crippen LogP contribution in [0.5, 0.6) is 0 Å². The van der Waals surface area contributed by atoms with Crippen molar-refractivity contribution in [1.82, 2.24) is 15.3 Å². The van der Waals surface area contributed by atoms with Gasteiger partial charge in [-0.25, -0.2) is 9.97 Å². The third-order valence-electron chi connectivity index (χ3n) is 3.94. The Morgan fingerprint density at radius 2 is 1.51 bits per heavy atom. The molecule has 0 radical (unpaired) electrons. The summed E-state index contributed by atoms with van der Waals surface area (Å²) in [6.45, 7) is 15.9.